The average Bonchev–Trinajstić information content (AvgIpc) is 2.43. The van der Waals surface area contributed by atoms with Crippen molar-refractivity contribution in [1.29, 1.82) is 0 Å². The van der Waals surface area contributed by atoms with Gasteiger partial charge in [0.1, 0.15) is 0 Å². The van der Waals surface area contributed by atoms with Gasteiger partial charge in [-0.05, 0) is 33.3 Å². The molecule has 1 aromatic carbocycles. The SMILES string of the molecule is CN(C)CCN(C)CCN(C)S(=O)(=O)c1ccccc1. The van der Waals surface area contributed by atoms with Crippen LogP contribution in [0.3, 0.4) is 0 Å². The molecule has 114 valence electrons. The van der Waals surface area contributed by atoms with E-state index in [1.165, 1.54) is 4.31 Å². The van der Waals surface area contributed by atoms with Crippen LogP contribution in [-0.2, 0) is 10.0 Å². The monoisotopic (exact) mass is 299 g/mol. The van der Waals surface area contributed by atoms with Gasteiger partial charge in [-0.15, -0.1) is 0 Å². The molecule has 0 saturated carbocycles. The number of likely N-dealkylation sites (N-methyl/N-ethyl adjacent to an activating group) is 3. The summed E-state index contributed by atoms with van der Waals surface area (Å²) >= 11 is 0. The minimum Gasteiger partial charge on any atom is -0.308 e. The van der Waals surface area contributed by atoms with Crippen molar-refractivity contribution >= 4 is 10.0 Å². The van der Waals surface area contributed by atoms with Gasteiger partial charge in [-0.1, -0.05) is 18.2 Å². The molecule has 0 radical (unpaired) electrons. The molecule has 0 aliphatic rings. The fraction of sp³-hybridized carbons (Fsp3) is 0.571. The van der Waals surface area contributed by atoms with E-state index in [1.807, 2.05) is 27.2 Å². The van der Waals surface area contributed by atoms with E-state index in [2.05, 4.69) is 9.80 Å². The average molecular weight is 299 g/mol. The molecule has 6 heteroatoms. The molecular weight excluding hydrogens is 274 g/mol. The molecule has 0 N–H and O–H groups in total. The number of benzene rings is 1. The van der Waals surface area contributed by atoms with Gasteiger partial charge >= 0.3 is 0 Å². The molecule has 0 heterocycles. The van der Waals surface area contributed by atoms with Crippen LogP contribution in [0.15, 0.2) is 35.2 Å². The van der Waals surface area contributed by atoms with E-state index in [9.17, 15) is 8.42 Å². The molecule has 0 aromatic heterocycles. The third-order valence-corrected chi connectivity index (χ3v) is 5.05. The van der Waals surface area contributed by atoms with Crippen molar-refractivity contribution < 1.29 is 8.42 Å². The first kappa shape index (κ1) is 17.1. The van der Waals surface area contributed by atoms with Gasteiger partial charge in [0.05, 0.1) is 4.90 Å². The molecule has 0 aliphatic carbocycles. The standard InChI is InChI=1S/C14H25N3O2S/c1-15(2)10-11-16(3)12-13-17(4)20(18,19)14-8-6-5-7-9-14/h5-9H,10-13H2,1-4H3. The minimum absolute atomic E-state index is 0.346. The van der Waals surface area contributed by atoms with Crippen molar-refractivity contribution in [3.63, 3.8) is 0 Å². The van der Waals surface area contributed by atoms with Crippen molar-refractivity contribution in [1.82, 2.24) is 14.1 Å². The lowest BCUT2D eigenvalue weighted by atomic mass is 10.4. The normalized spacial score (nSPS) is 12.6. The zero-order valence-electron chi connectivity index (χ0n) is 12.8. The first-order valence-electron chi connectivity index (χ1n) is 6.68. The molecule has 5 nitrogen and oxygen atoms in total. The zero-order chi connectivity index (χ0) is 15.2. The zero-order valence-corrected chi connectivity index (χ0v) is 13.6. The van der Waals surface area contributed by atoms with Gasteiger partial charge in [-0.3, -0.25) is 0 Å². The van der Waals surface area contributed by atoms with Crippen LogP contribution in [0.5, 0.6) is 0 Å². The van der Waals surface area contributed by atoms with E-state index in [0.29, 0.717) is 11.4 Å². The summed E-state index contributed by atoms with van der Waals surface area (Å²) in [7, 11) is 4.32. The highest BCUT2D eigenvalue weighted by Crippen LogP contribution is 2.12. The Morgan fingerprint density at radius 1 is 0.850 bits per heavy atom. The Balaban J connectivity index is 2.52. The van der Waals surface area contributed by atoms with Crippen LogP contribution in [0.2, 0.25) is 0 Å². The summed E-state index contributed by atoms with van der Waals surface area (Å²) in [6, 6.07) is 8.55. The molecule has 0 aliphatic heterocycles. The van der Waals surface area contributed by atoms with Gasteiger partial charge in [0.25, 0.3) is 0 Å². The first-order valence-corrected chi connectivity index (χ1v) is 8.12. The summed E-state index contributed by atoms with van der Waals surface area (Å²) in [4.78, 5) is 4.59. The highest BCUT2D eigenvalue weighted by atomic mass is 32.2. The number of hydrogen-bond donors (Lipinski definition) is 0. The van der Waals surface area contributed by atoms with Crippen LogP contribution < -0.4 is 0 Å². The quantitative estimate of drug-likeness (QED) is 0.712. The number of rotatable bonds is 8. The van der Waals surface area contributed by atoms with E-state index in [1.54, 1.807) is 31.3 Å². The summed E-state index contributed by atoms with van der Waals surface area (Å²) in [5.74, 6) is 0. The lowest BCUT2D eigenvalue weighted by Gasteiger charge is -2.23. The highest BCUT2D eigenvalue weighted by Gasteiger charge is 2.20. The van der Waals surface area contributed by atoms with Crippen LogP contribution in [0.4, 0.5) is 0 Å². The van der Waals surface area contributed by atoms with Gasteiger partial charge in [-0.2, -0.15) is 4.31 Å². The molecule has 1 rings (SSSR count). The maximum Gasteiger partial charge on any atom is 0.242 e. The Kier molecular flexibility index (Phi) is 6.61. The number of sulfonamides is 1. The minimum atomic E-state index is -3.37. The maximum absolute atomic E-state index is 12.3. The highest BCUT2D eigenvalue weighted by molar-refractivity contribution is 7.89. The van der Waals surface area contributed by atoms with E-state index < -0.39 is 10.0 Å². The molecule has 1 aromatic rings. The van der Waals surface area contributed by atoms with Crippen LogP contribution in [0.1, 0.15) is 0 Å². The lowest BCUT2D eigenvalue weighted by molar-refractivity contribution is 0.269. The second-order valence-electron chi connectivity index (χ2n) is 5.25. The summed E-state index contributed by atoms with van der Waals surface area (Å²) in [6.45, 7) is 3.09. The van der Waals surface area contributed by atoms with Crippen molar-refractivity contribution in [2.75, 3.05) is 54.4 Å². The molecule has 0 unspecified atom stereocenters. The van der Waals surface area contributed by atoms with Crippen molar-refractivity contribution in [3.05, 3.63) is 30.3 Å². The summed E-state index contributed by atoms with van der Waals surface area (Å²) in [5, 5.41) is 0. The first-order chi connectivity index (χ1) is 9.34. The van der Waals surface area contributed by atoms with E-state index in [4.69, 9.17) is 0 Å². The van der Waals surface area contributed by atoms with Crippen LogP contribution >= 0.6 is 0 Å². The van der Waals surface area contributed by atoms with Crippen LogP contribution in [-0.4, -0.2) is 76.9 Å². The van der Waals surface area contributed by atoms with Crippen molar-refractivity contribution in [3.8, 4) is 0 Å². The predicted octanol–water partition coefficient (Wildman–Crippen LogP) is 0.801. The topological polar surface area (TPSA) is 43.9 Å². The molecule has 0 atom stereocenters. The van der Waals surface area contributed by atoms with E-state index in [0.717, 1.165) is 19.6 Å². The molecule has 0 fully saturated rings. The van der Waals surface area contributed by atoms with Gasteiger partial charge in [-0.25, -0.2) is 8.42 Å². The lowest BCUT2D eigenvalue weighted by Crippen LogP contribution is -2.37. The smallest absolute Gasteiger partial charge is 0.242 e. The van der Waals surface area contributed by atoms with Gasteiger partial charge in [0.15, 0.2) is 0 Å². The molecular formula is C14H25N3O2S. The Bertz CT molecular complexity index is 488. The van der Waals surface area contributed by atoms with Crippen molar-refractivity contribution in [2.24, 2.45) is 0 Å². The summed E-state index contributed by atoms with van der Waals surface area (Å²) < 4.78 is 26.0. The molecule has 0 saturated heterocycles. The van der Waals surface area contributed by atoms with Crippen molar-refractivity contribution in [2.45, 2.75) is 4.90 Å². The van der Waals surface area contributed by atoms with Gasteiger partial charge in [0, 0.05) is 33.2 Å². The Labute approximate surface area is 122 Å². The number of nitrogens with zero attached hydrogens (tertiary/aromatic N) is 3. The third-order valence-electron chi connectivity index (χ3n) is 3.18. The second kappa shape index (κ2) is 7.73. The summed E-state index contributed by atoms with van der Waals surface area (Å²) in [5.41, 5.74) is 0. The molecule has 0 bridgehead atoms. The molecule has 0 spiro atoms. The van der Waals surface area contributed by atoms with E-state index >= 15 is 0 Å². The molecule has 20 heavy (non-hydrogen) atoms. The van der Waals surface area contributed by atoms with Crippen LogP contribution in [0.25, 0.3) is 0 Å². The number of hydrogen-bond acceptors (Lipinski definition) is 4. The van der Waals surface area contributed by atoms with Crippen LogP contribution in [0, 0.1) is 0 Å². The second-order valence-corrected chi connectivity index (χ2v) is 7.29. The van der Waals surface area contributed by atoms with E-state index in [-0.39, 0.29) is 0 Å². The Morgan fingerprint density at radius 3 is 1.95 bits per heavy atom. The predicted molar refractivity (Wildman–Crippen MR) is 82.3 cm³/mol. The fourth-order valence-electron chi connectivity index (χ4n) is 1.69. The largest absolute Gasteiger partial charge is 0.308 e. The Morgan fingerprint density at radius 2 is 1.40 bits per heavy atom. The fourth-order valence-corrected chi connectivity index (χ4v) is 2.87. The van der Waals surface area contributed by atoms with Gasteiger partial charge in [0.2, 0.25) is 10.0 Å². The Hall–Kier alpha value is -0.950. The summed E-state index contributed by atoms with van der Waals surface area (Å²) in [6.07, 6.45) is 0. The van der Waals surface area contributed by atoms with Gasteiger partial charge < -0.3 is 9.80 Å². The third kappa shape index (κ3) is 5.20. The maximum atomic E-state index is 12.3. The molecule has 0 amide bonds.